The van der Waals surface area contributed by atoms with Crippen molar-refractivity contribution < 1.29 is 29.7 Å². The second-order valence-electron chi connectivity index (χ2n) is 18.1. The summed E-state index contributed by atoms with van der Waals surface area (Å²) in [6, 6.07) is 9.01. The zero-order valence-corrected chi connectivity index (χ0v) is 30.9. The standard InChI is InChI=1S/C42H64N2O6/c1-27(31-13-14-32-38-33(17-21-41(31,32)3)40(2)20-16-30(45)23-29(40)24-35(38)46)12-15-36(47)44-34(22-28-10-6-4-7-11-28)39(50)43-26-42(25-37(48)49)18-8-5-9-19-42/h4,6-7,10-11,27,29-35,38,45-46H,5,8-9,12-26H2,1-3H3,(H,43,50)(H,44,47)(H,48,49)/t27-,29?,30-,31?,32?,33?,34+,35?,38?,40+,41-/m1/s1. The van der Waals surface area contributed by atoms with E-state index < -0.39 is 17.4 Å². The molecule has 5 N–H and O–H groups in total. The van der Waals surface area contributed by atoms with Gasteiger partial charge in [0, 0.05) is 19.4 Å². The molecular weight excluding hydrogens is 628 g/mol. The van der Waals surface area contributed by atoms with Gasteiger partial charge in [-0.05, 0) is 128 Å². The third-order valence-corrected chi connectivity index (χ3v) is 15.3. The summed E-state index contributed by atoms with van der Waals surface area (Å²) in [5, 5.41) is 37.8. The second kappa shape index (κ2) is 15.3. The maximum atomic E-state index is 13.7. The molecule has 1 aromatic carbocycles. The highest BCUT2D eigenvalue weighted by Gasteiger charge is 2.62. The Morgan fingerprint density at radius 1 is 0.880 bits per heavy atom. The van der Waals surface area contributed by atoms with E-state index in [1.807, 2.05) is 30.3 Å². The quantitative estimate of drug-likeness (QED) is 0.166. The number of aliphatic carboxylic acids is 1. The molecule has 6 rings (SSSR count). The van der Waals surface area contributed by atoms with E-state index in [4.69, 9.17) is 0 Å². The van der Waals surface area contributed by atoms with Gasteiger partial charge in [-0.3, -0.25) is 14.4 Å². The number of hydrogen-bond donors (Lipinski definition) is 5. The number of carbonyl (C=O) groups is 3. The number of carboxylic acids is 1. The molecule has 0 saturated heterocycles. The normalized spacial score (nSPS) is 37.3. The Hall–Kier alpha value is -2.45. The highest BCUT2D eigenvalue weighted by Crippen LogP contribution is 2.68. The Balaban J connectivity index is 1.07. The molecule has 6 unspecified atom stereocenters. The lowest BCUT2D eigenvalue weighted by Crippen LogP contribution is -2.58. The van der Waals surface area contributed by atoms with Crippen LogP contribution in [0.15, 0.2) is 30.3 Å². The first-order valence-electron chi connectivity index (χ1n) is 20.0. The molecule has 1 aromatic rings. The van der Waals surface area contributed by atoms with E-state index in [0.29, 0.717) is 54.9 Å². The van der Waals surface area contributed by atoms with Gasteiger partial charge in [0.1, 0.15) is 6.04 Å². The monoisotopic (exact) mass is 692 g/mol. The Bertz CT molecular complexity index is 1350. The lowest BCUT2D eigenvalue weighted by Gasteiger charge is -2.62. The summed E-state index contributed by atoms with van der Waals surface area (Å²) < 4.78 is 0. The highest BCUT2D eigenvalue weighted by molar-refractivity contribution is 5.88. The van der Waals surface area contributed by atoms with Crippen molar-refractivity contribution in [2.45, 2.75) is 148 Å². The molecule has 5 saturated carbocycles. The van der Waals surface area contributed by atoms with Crippen molar-refractivity contribution in [2.24, 2.45) is 51.8 Å². The largest absolute Gasteiger partial charge is 0.481 e. The van der Waals surface area contributed by atoms with E-state index in [1.165, 1.54) is 6.42 Å². The average molecular weight is 693 g/mol. The summed E-state index contributed by atoms with van der Waals surface area (Å²) >= 11 is 0. The van der Waals surface area contributed by atoms with E-state index in [9.17, 15) is 29.7 Å². The van der Waals surface area contributed by atoms with Crippen molar-refractivity contribution in [3.8, 4) is 0 Å². The van der Waals surface area contributed by atoms with Crippen LogP contribution in [0.3, 0.4) is 0 Å². The molecule has 2 amide bonds. The second-order valence-corrected chi connectivity index (χ2v) is 18.1. The third-order valence-electron chi connectivity index (χ3n) is 15.3. The van der Waals surface area contributed by atoms with Gasteiger partial charge in [0.05, 0.1) is 18.6 Å². The fourth-order valence-corrected chi connectivity index (χ4v) is 12.5. The maximum absolute atomic E-state index is 13.7. The molecule has 0 radical (unpaired) electrons. The van der Waals surface area contributed by atoms with Gasteiger partial charge in [-0.1, -0.05) is 70.4 Å². The molecule has 0 heterocycles. The topological polar surface area (TPSA) is 136 Å². The van der Waals surface area contributed by atoms with Crippen molar-refractivity contribution in [1.29, 1.82) is 0 Å². The average Bonchev–Trinajstić information content (AvgIpc) is 3.44. The fourth-order valence-electron chi connectivity index (χ4n) is 12.5. The van der Waals surface area contributed by atoms with Crippen molar-refractivity contribution in [3.05, 3.63) is 35.9 Å². The molecule has 5 aliphatic carbocycles. The molecule has 5 fully saturated rings. The smallest absolute Gasteiger partial charge is 0.303 e. The number of aliphatic hydroxyl groups is 2. The fraction of sp³-hybridized carbons (Fsp3) is 0.786. The van der Waals surface area contributed by atoms with Crippen LogP contribution < -0.4 is 10.6 Å². The van der Waals surface area contributed by atoms with Gasteiger partial charge in [-0.25, -0.2) is 0 Å². The SMILES string of the molecule is C[C@H](CCC(=O)N[C@@H](Cc1ccccc1)C(=O)NCC1(CC(=O)O)CCCCC1)C1CCC2C3C(O)CC4C[C@H](O)CC[C@]4(C)C3CC[C@@]21C. The first-order chi connectivity index (χ1) is 23.8. The number of rotatable bonds is 12. The van der Waals surface area contributed by atoms with Gasteiger partial charge in [0.25, 0.3) is 0 Å². The van der Waals surface area contributed by atoms with Crippen LogP contribution in [0, 0.1) is 51.8 Å². The zero-order valence-electron chi connectivity index (χ0n) is 30.9. The van der Waals surface area contributed by atoms with E-state index >= 15 is 0 Å². The molecule has 11 atom stereocenters. The van der Waals surface area contributed by atoms with Crippen LogP contribution in [-0.4, -0.2) is 57.9 Å². The maximum Gasteiger partial charge on any atom is 0.303 e. The predicted octanol–water partition coefficient (Wildman–Crippen LogP) is 6.66. The lowest BCUT2D eigenvalue weighted by atomic mass is 9.43. The third kappa shape index (κ3) is 7.67. The van der Waals surface area contributed by atoms with E-state index in [1.54, 1.807) is 0 Å². The van der Waals surface area contributed by atoms with Crippen LogP contribution in [0.2, 0.25) is 0 Å². The minimum absolute atomic E-state index is 0.0478. The molecule has 50 heavy (non-hydrogen) atoms. The van der Waals surface area contributed by atoms with Crippen molar-refractivity contribution in [2.75, 3.05) is 6.54 Å². The van der Waals surface area contributed by atoms with Crippen LogP contribution in [0.5, 0.6) is 0 Å². The van der Waals surface area contributed by atoms with Gasteiger partial charge >= 0.3 is 5.97 Å². The highest BCUT2D eigenvalue weighted by atomic mass is 16.4. The van der Waals surface area contributed by atoms with E-state index in [-0.39, 0.29) is 41.3 Å². The van der Waals surface area contributed by atoms with Gasteiger partial charge in [0.2, 0.25) is 11.8 Å². The summed E-state index contributed by atoms with van der Waals surface area (Å²) in [4.78, 5) is 38.9. The zero-order chi connectivity index (χ0) is 35.7. The van der Waals surface area contributed by atoms with Crippen molar-refractivity contribution in [1.82, 2.24) is 10.6 Å². The van der Waals surface area contributed by atoms with Crippen LogP contribution in [0.4, 0.5) is 0 Å². The van der Waals surface area contributed by atoms with Gasteiger partial charge in [0.15, 0.2) is 0 Å². The molecule has 0 spiro atoms. The van der Waals surface area contributed by atoms with Crippen molar-refractivity contribution in [3.63, 3.8) is 0 Å². The number of hydrogen-bond acceptors (Lipinski definition) is 5. The summed E-state index contributed by atoms with van der Waals surface area (Å²) in [7, 11) is 0. The van der Waals surface area contributed by atoms with Crippen LogP contribution in [-0.2, 0) is 20.8 Å². The molecule has 0 bridgehead atoms. The predicted molar refractivity (Wildman–Crippen MR) is 194 cm³/mol. The first-order valence-corrected chi connectivity index (χ1v) is 20.0. The Morgan fingerprint density at radius 3 is 2.30 bits per heavy atom. The van der Waals surface area contributed by atoms with E-state index in [0.717, 1.165) is 89.0 Å². The number of carboxylic acid groups (broad SMARTS) is 1. The number of benzene rings is 1. The molecular formula is C42H64N2O6. The minimum Gasteiger partial charge on any atom is -0.481 e. The first kappa shape index (κ1) is 37.3. The number of carbonyl (C=O) groups excluding carboxylic acids is 2. The van der Waals surface area contributed by atoms with Crippen molar-refractivity contribution >= 4 is 17.8 Å². The lowest BCUT2D eigenvalue weighted by molar-refractivity contribution is -0.174. The number of fused-ring (bicyclic) bond motifs is 5. The van der Waals surface area contributed by atoms with Gasteiger partial charge in [-0.15, -0.1) is 0 Å². The molecule has 0 aliphatic heterocycles. The van der Waals surface area contributed by atoms with Gasteiger partial charge < -0.3 is 26.0 Å². The number of amides is 2. The number of nitrogens with one attached hydrogen (secondary N) is 2. The summed E-state index contributed by atoms with van der Waals surface area (Å²) in [6.07, 6.45) is 13.8. The van der Waals surface area contributed by atoms with Crippen LogP contribution in [0.25, 0.3) is 0 Å². The summed E-state index contributed by atoms with van der Waals surface area (Å²) in [5.74, 6) is 1.40. The summed E-state index contributed by atoms with van der Waals surface area (Å²) in [5.41, 5.74) is 0.893. The molecule has 8 nitrogen and oxygen atoms in total. The number of aliphatic hydroxyl groups excluding tert-OH is 2. The van der Waals surface area contributed by atoms with Gasteiger partial charge in [-0.2, -0.15) is 0 Å². The van der Waals surface area contributed by atoms with Crippen LogP contribution in [0.1, 0.15) is 129 Å². The Kier molecular flexibility index (Phi) is 11.4. The van der Waals surface area contributed by atoms with Crippen LogP contribution >= 0.6 is 0 Å². The molecule has 278 valence electrons. The molecule has 5 aliphatic rings. The Labute approximate surface area is 300 Å². The Morgan fingerprint density at radius 2 is 1.58 bits per heavy atom. The molecule has 8 heteroatoms. The van der Waals surface area contributed by atoms with E-state index in [2.05, 4.69) is 31.4 Å². The summed E-state index contributed by atoms with van der Waals surface area (Å²) in [6.45, 7) is 7.54. The molecule has 0 aromatic heterocycles. The minimum atomic E-state index is -0.831.